The number of aromatic nitrogens is 1. The predicted molar refractivity (Wildman–Crippen MR) is 61.9 cm³/mol. The maximum atomic E-state index is 5.80. The average Bonchev–Trinajstić information content (AvgIpc) is 2.96. The van der Waals surface area contributed by atoms with Crippen LogP contribution in [0.15, 0.2) is 44.8 Å². The van der Waals surface area contributed by atoms with Crippen LogP contribution >= 0.6 is 11.3 Å². The number of furan rings is 1. The summed E-state index contributed by atoms with van der Waals surface area (Å²) in [5, 5.41) is 5.76. The summed E-state index contributed by atoms with van der Waals surface area (Å²) in [6.07, 6.45) is 1.59. The number of hydrogen-bond donors (Lipinski definition) is 1. The molecule has 3 aromatic heterocycles. The van der Waals surface area contributed by atoms with Gasteiger partial charge >= 0.3 is 0 Å². The second kappa shape index (κ2) is 3.53. The highest BCUT2D eigenvalue weighted by Gasteiger charge is 2.19. The van der Waals surface area contributed by atoms with E-state index in [9.17, 15) is 0 Å². The molecular formula is C11H8N2O2S. The van der Waals surface area contributed by atoms with Gasteiger partial charge in [-0.05, 0) is 23.6 Å². The van der Waals surface area contributed by atoms with Crippen molar-refractivity contribution in [2.75, 3.05) is 5.73 Å². The van der Waals surface area contributed by atoms with E-state index in [2.05, 4.69) is 5.16 Å². The van der Waals surface area contributed by atoms with E-state index >= 15 is 0 Å². The predicted octanol–water partition coefficient (Wildman–Crippen LogP) is 3.25. The van der Waals surface area contributed by atoms with Gasteiger partial charge in [0.25, 0.3) is 0 Å². The van der Waals surface area contributed by atoms with Crippen molar-refractivity contribution >= 4 is 17.2 Å². The molecule has 0 fully saturated rings. The minimum Gasteiger partial charge on any atom is -0.461 e. The standard InChI is InChI=1S/C11H8N2O2S/c12-11-9(8-4-2-6-16-8)10(15-13-11)7-3-1-5-14-7/h1-6H,(H2,12,13). The highest BCUT2D eigenvalue weighted by Crippen LogP contribution is 2.38. The number of anilines is 1. The fraction of sp³-hybridized carbons (Fsp3) is 0. The van der Waals surface area contributed by atoms with Crippen molar-refractivity contribution in [2.45, 2.75) is 0 Å². The van der Waals surface area contributed by atoms with Gasteiger partial charge in [-0.25, -0.2) is 0 Å². The zero-order chi connectivity index (χ0) is 11.0. The van der Waals surface area contributed by atoms with Crippen LogP contribution in [0.2, 0.25) is 0 Å². The first-order chi connectivity index (χ1) is 7.86. The summed E-state index contributed by atoms with van der Waals surface area (Å²) < 4.78 is 10.5. The minimum absolute atomic E-state index is 0.383. The molecule has 0 aliphatic carbocycles. The Morgan fingerprint density at radius 1 is 1.25 bits per heavy atom. The molecule has 0 atom stereocenters. The average molecular weight is 232 g/mol. The fourth-order valence-corrected chi connectivity index (χ4v) is 2.31. The molecule has 3 rings (SSSR count). The molecule has 3 heterocycles. The first-order valence-electron chi connectivity index (χ1n) is 4.69. The first kappa shape index (κ1) is 9.23. The second-order valence-electron chi connectivity index (χ2n) is 3.23. The summed E-state index contributed by atoms with van der Waals surface area (Å²) >= 11 is 1.58. The van der Waals surface area contributed by atoms with Crippen LogP contribution in [0, 0.1) is 0 Å². The van der Waals surface area contributed by atoms with Gasteiger partial charge in [-0.15, -0.1) is 11.3 Å². The van der Waals surface area contributed by atoms with Gasteiger partial charge in [-0.3, -0.25) is 0 Å². The monoisotopic (exact) mass is 232 g/mol. The van der Waals surface area contributed by atoms with Crippen LogP contribution in [-0.4, -0.2) is 5.16 Å². The first-order valence-corrected chi connectivity index (χ1v) is 5.57. The topological polar surface area (TPSA) is 65.2 Å². The molecule has 0 spiro atoms. The fourth-order valence-electron chi connectivity index (χ4n) is 1.54. The molecule has 0 aliphatic rings. The van der Waals surface area contributed by atoms with Gasteiger partial charge in [0.15, 0.2) is 11.6 Å². The van der Waals surface area contributed by atoms with E-state index in [0.29, 0.717) is 17.3 Å². The lowest BCUT2D eigenvalue weighted by Gasteiger charge is -1.95. The molecule has 0 amide bonds. The Morgan fingerprint density at radius 3 is 2.88 bits per heavy atom. The third kappa shape index (κ3) is 1.33. The van der Waals surface area contributed by atoms with E-state index in [1.54, 1.807) is 23.7 Å². The number of rotatable bonds is 2. The van der Waals surface area contributed by atoms with Gasteiger partial charge in [0, 0.05) is 4.88 Å². The smallest absolute Gasteiger partial charge is 0.212 e. The summed E-state index contributed by atoms with van der Waals surface area (Å²) in [6, 6.07) is 7.54. The van der Waals surface area contributed by atoms with E-state index in [4.69, 9.17) is 14.7 Å². The molecule has 3 aromatic rings. The molecule has 16 heavy (non-hydrogen) atoms. The van der Waals surface area contributed by atoms with Crippen molar-refractivity contribution in [3.05, 3.63) is 35.9 Å². The van der Waals surface area contributed by atoms with Crippen LogP contribution in [0.25, 0.3) is 22.0 Å². The maximum absolute atomic E-state index is 5.80. The summed E-state index contributed by atoms with van der Waals surface area (Å²) in [4.78, 5) is 1.02. The number of thiophene rings is 1. The number of nitrogen functional groups attached to an aromatic ring is 1. The van der Waals surface area contributed by atoms with Crippen molar-refractivity contribution in [2.24, 2.45) is 0 Å². The molecular weight excluding hydrogens is 224 g/mol. The zero-order valence-corrected chi connectivity index (χ0v) is 9.03. The van der Waals surface area contributed by atoms with Gasteiger partial charge in [-0.2, -0.15) is 0 Å². The zero-order valence-electron chi connectivity index (χ0n) is 8.21. The summed E-state index contributed by atoms with van der Waals surface area (Å²) in [5.74, 6) is 1.59. The molecule has 0 bridgehead atoms. The quantitative estimate of drug-likeness (QED) is 0.736. The normalized spacial score (nSPS) is 10.8. The van der Waals surface area contributed by atoms with Crippen molar-refractivity contribution in [1.29, 1.82) is 0 Å². The molecule has 0 aromatic carbocycles. The Bertz CT molecular complexity index is 582. The van der Waals surface area contributed by atoms with E-state index in [-0.39, 0.29) is 0 Å². The molecule has 0 saturated heterocycles. The molecule has 4 nitrogen and oxygen atoms in total. The molecule has 0 saturated carbocycles. The van der Waals surface area contributed by atoms with Crippen molar-refractivity contribution in [3.8, 4) is 22.0 Å². The van der Waals surface area contributed by atoms with E-state index < -0.39 is 0 Å². The van der Waals surface area contributed by atoms with Crippen molar-refractivity contribution in [3.63, 3.8) is 0 Å². The summed E-state index contributed by atoms with van der Waals surface area (Å²) in [6.45, 7) is 0. The highest BCUT2D eigenvalue weighted by atomic mass is 32.1. The van der Waals surface area contributed by atoms with Crippen LogP contribution in [-0.2, 0) is 0 Å². The van der Waals surface area contributed by atoms with E-state index in [1.165, 1.54) is 0 Å². The van der Waals surface area contributed by atoms with Gasteiger partial charge in [0.05, 0.1) is 11.8 Å². The van der Waals surface area contributed by atoms with Crippen LogP contribution in [0.1, 0.15) is 0 Å². The molecule has 2 N–H and O–H groups in total. The minimum atomic E-state index is 0.383. The van der Waals surface area contributed by atoms with E-state index in [1.807, 2.05) is 23.6 Å². The van der Waals surface area contributed by atoms with Crippen molar-refractivity contribution in [1.82, 2.24) is 5.16 Å². The Morgan fingerprint density at radius 2 is 2.19 bits per heavy atom. The number of hydrogen-bond acceptors (Lipinski definition) is 5. The van der Waals surface area contributed by atoms with Gasteiger partial charge in [-0.1, -0.05) is 11.2 Å². The highest BCUT2D eigenvalue weighted by molar-refractivity contribution is 7.13. The Balaban J connectivity index is 2.21. The van der Waals surface area contributed by atoms with Crippen LogP contribution in [0.4, 0.5) is 5.82 Å². The van der Waals surface area contributed by atoms with Crippen LogP contribution in [0.3, 0.4) is 0 Å². The van der Waals surface area contributed by atoms with E-state index in [0.717, 1.165) is 10.4 Å². The third-order valence-electron chi connectivity index (χ3n) is 2.23. The lowest BCUT2D eigenvalue weighted by molar-refractivity contribution is 0.421. The maximum Gasteiger partial charge on any atom is 0.212 e. The third-order valence-corrected chi connectivity index (χ3v) is 3.12. The lowest BCUT2D eigenvalue weighted by atomic mass is 10.2. The Labute approximate surface area is 95.3 Å². The number of nitrogens with zero attached hydrogens (tertiary/aromatic N) is 1. The Kier molecular flexibility index (Phi) is 2.04. The molecule has 0 unspecified atom stereocenters. The lowest BCUT2D eigenvalue weighted by Crippen LogP contribution is -1.86. The second-order valence-corrected chi connectivity index (χ2v) is 4.17. The SMILES string of the molecule is Nc1noc(-c2ccco2)c1-c1cccs1. The van der Waals surface area contributed by atoms with Gasteiger partial charge < -0.3 is 14.7 Å². The summed E-state index contributed by atoms with van der Waals surface area (Å²) in [7, 11) is 0. The molecule has 5 heteroatoms. The van der Waals surface area contributed by atoms with Crippen LogP contribution in [0.5, 0.6) is 0 Å². The largest absolute Gasteiger partial charge is 0.461 e. The van der Waals surface area contributed by atoms with Crippen LogP contribution < -0.4 is 5.73 Å². The molecule has 0 radical (unpaired) electrons. The molecule has 80 valence electrons. The van der Waals surface area contributed by atoms with Gasteiger partial charge in [0.1, 0.15) is 0 Å². The summed E-state index contributed by atoms with van der Waals surface area (Å²) in [5.41, 5.74) is 6.60. The van der Waals surface area contributed by atoms with Gasteiger partial charge in [0.2, 0.25) is 5.76 Å². The molecule has 0 aliphatic heterocycles. The Hall–Kier alpha value is -2.01. The van der Waals surface area contributed by atoms with Crippen molar-refractivity contribution < 1.29 is 8.94 Å². The number of nitrogens with two attached hydrogens (primary N) is 1.